The number of nitrogens with one attached hydrogen (secondary N) is 2. The van der Waals surface area contributed by atoms with Gasteiger partial charge in [-0.2, -0.15) is 0 Å². The highest BCUT2D eigenvalue weighted by Gasteiger charge is 2.39. The number of aliphatic hydroxyl groups is 2. The minimum Gasteiger partial charge on any atom is -0.388 e. The van der Waals surface area contributed by atoms with Crippen molar-refractivity contribution in [3.63, 3.8) is 0 Å². The smallest absolute Gasteiger partial charge is 0.328 e. The van der Waals surface area contributed by atoms with Crippen molar-refractivity contribution >= 4 is 5.91 Å². The molecule has 2 heterocycles. The molecule has 1 fully saturated rings. The molecule has 4 atom stereocenters. The largest absolute Gasteiger partial charge is 0.388 e. The van der Waals surface area contributed by atoms with Crippen LogP contribution in [0.2, 0.25) is 0 Å². The monoisotopic (exact) mass is 425 g/mol. The number of H-pyrrole nitrogens is 1. The maximum absolute atomic E-state index is 13.7. The van der Waals surface area contributed by atoms with Crippen LogP contribution in [0.5, 0.6) is 0 Å². The van der Waals surface area contributed by atoms with Gasteiger partial charge < -0.3 is 20.3 Å². The Morgan fingerprint density at radius 3 is 2.60 bits per heavy atom. The van der Waals surface area contributed by atoms with Crippen LogP contribution in [0.25, 0.3) is 0 Å². The van der Waals surface area contributed by atoms with E-state index in [1.807, 2.05) is 0 Å². The van der Waals surface area contributed by atoms with E-state index in [-0.39, 0.29) is 18.7 Å². The molecule has 0 bridgehead atoms. The zero-order valence-corrected chi connectivity index (χ0v) is 16.0. The average molecular weight is 425 g/mol. The lowest BCUT2D eigenvalue weighted by molar-refractivity contribution is -0.158. The first-order chi connectivity index (χ1) is 14.2. The summed E-state index contributed by atoms with van der Waals surface area (Å²) in [5.41, 5.74) is -1.35. The SMILES string of the molecule is Cc1cn(C[C@H]2OC[C@@H](NC(=O)Cc3c(F)cccc3F)[C@H](O)[C@@H]2O)c(=O)[nH]c1=O. The number of benzene rings is 1. The molecule has 162 valence electrons. The highest BCUT2D eigenvalue weighted by atomic mass is 19.1. The molecule has 0 aliphatic carbocycles. The molecule has 0 saturated carbocycles. The van der Waals surface area contributed by atoms with Crippen molar-refractivity contribution in [1.29, 1.82) is 0 Å². The van der Waals surface area contributed by atoms with E-state index >= 15 is 0 Å². The number of rotatable bonds is 5. The van der Waals surface area contributed by atoms with Gasteiger partial charge in [-0.1, -0.05) is 6.07 Å². The number of halogens is 2. The van der Waals surface area contributed by atoms with Crippen LogP contribution in [-0.4, -0.2) is 56.6 Å². The van der Waals surface area contributed by atoms with Crippen LogP contribution < -0.4 is 16.6 Å². The summed E-state index contributed by atoms with van der Waals surface area (Å²) in [6, 6.07) is 2.21. The fourth-order valence-electron chi connectivity index (χ4n) is 3.24. The maximum atomic E-state index is 13.7. The van der Waals surface area contributed by atoms with E-state index in [9.17, 15) is 33.4 Å². The molecule has 1 amide bonds. The van der Waals surface area contributed by atoms with E-state index in [1.54, 1.807) is 0 Å². The predicted molar refractivity (Wildman–Crippen MR) is 99.8 cm³/mol. The summed E-state index contributed by atoms with van der Waals surface area (Å²) in [7, 11) is 0. The summed E-state index contributed by atoms with van der Waals surface area (Å²) in [4.78, 5) is 37.6. The van der Waals surface area contributed by atoms with E-state index in [2.05, 4.69) is 10.3 Å². The van der Waals surface area contributed by atoms with E-state index in [1.165, 1.54) is 19.2 Å². The second-order valence-electron chi connectivity index (χ2n) is 7.13. The number of amides is 1. The number of aliphatic hydroxyl groups excluding tert-OH is 2. The quantitative estimate of drug-likeness (QED) is 0.484. The van der Waals surface area contributed by atoms with Crippen molar-refractivity contribution in [2.24, 2.45) is 0 Å². The average Bonchev–Trinajstić information content (AvgIpc) is 2.68. The van der Waals surface area contributed by atoms with Crippen LogP contribution in [0.4, 0.5) is 8.78 Å². The minimum absolute atomic E-state index is 0.143. The molecule has 9 nitrogen and oxygen atoms in total. The third kappa shape index (κ3) is 4.64. The summed E-state index contributed by atoms with van der Waals surface area (Å²) in [6.45, 7) is 1.16. The molecule has 1 aliphatic rings. The van der Waals surface area contributed by atoms with Crippen LogP contribution in [-0.2, 0) is 22.5 Å². The summed E-state index contributed by atoms with van der Waals surface area (Å²) in [6.07, 6.45) is -3.18. The molecule has 1 aromatic carbocycles. The third-order valence-electron chi connectivity index (χ3n) is 4.94. The minimum atomic E-state index is -1.46. The standard InChI is InChI=1S/C19H21F2N3O6/c1-9-6-24(19(29)23-18(9)28)7-14-17(27)16(26)13(8-30-14)22-15(25)5-10-11(20)3-2-4-12(10)21/h2-4,6,13-14,16-17,26-27H,5,7-8H2,1H3,(H,22,25)(H,23,28,29)/t13-,14-,16+,17-/m1/s1. The Morgan fingerprint density at radius 2 is 1.93 bits per heavy atom. The van der Waals surface area contributed by atoms with Gasteiger partial charge in [-0.05, 0) is 19.1 Å². The van der Waals surface area contributed by atoms with Gasteiger partial charge in [0, 0.05) is 17.3 Å². The Hall–Kier alpha value is -2.89. The number of nitrogens with zero attached hydrogens (tertiary/aromatic N) is 1. The number of ether oxygens (including phenoxy) is 1. The van der Waals surface area contributed by atoms with Gasteiger partial charge in [-0.15, -0.1) is 0 Å². The van der Waals surface area contributed by atoms with Crippen LogP contribution in [0.3, 0.4) is 0 Å². The topological polar surface area (TPSA) is 134 Å². The summed E-state index contributed by atoms with van der Waals surface area (Å²) in [5.74, 6) is -2.50. The number of carbonyl (C=O) groups is 1. The number of hydrogen-bond donors (Lipinski definition) is 4. The second kappa shape index (κ2) is 8.86. The fourth-order valence-corrected chi connectivity index (χ4v) is 3.24. The van der Waals surface area contributed by atoms with Gasteiger partial charge in [0.2, 0.25) is 5.91 Å². The number of hydrogen-bond acceptors (Lipinski definition) is 6. The maximum Gasteiger partial charge on any atom is 0.328 e. The Kier molecular flexibility index (Phi) is 6.44. The lowest BCUT2D eigenvalue weighted by Gasteiger charge is -2.38. The Bertz CT molecular complexity index is 1030. The number of carbonyl (C=O) groups excluding carboxylic acids is 1. The van der Waals surface area contributed by atoms with Crippen LogP contribution in [0.15, 0.2) is 34.0 Å². The summed E-state index contributed by atoms with van der Waals surface area (Å²) >= 11 is 0. The van der Waals surface area contributed by atoms with Gasteiger partial charge >= 0.3 is 5.69 Å². The zero-order chi connectivity index (χ0) is 22.0. The number of aromatic amines is 1. The summed E-state index contributed by atoms with van der Waals surface area (Å²) < 4.78 is 34.0. The fraction of sp³-hybridized carbons (Fsp3) is 0.421. The van der Waals surface area contributed by atoms with Gasteiger partial charge in [0.25, 0.3) is 5.56 Å². The molecule has 0 spiro atoms. The molecule has 0 radical (unpaired) electrons. The van der Waals surface area contributed by atoms with Crippen molar-refractivity contribution in [2.75, 3.05) is 6.61 Å². The Morgan fingerprint density at radius 1 is 1.27 bits per heavy atom. The molecule has 1 saturated heterocycles. The van der Waals surface area contributed by atoms with Crippen molar-refractivity contribution < 1.29 is 28.5 Å². The first-order valence-corrected chi connectivity index (χ1v) is 9.17. The van der Waals surface area contributed by atoms with E-state index in [0.29, 0.717) is 0 Å². The first-order valence-electron chi connectivity index (χ1n) is 9.17. The van der Waals surface area contributed by atoms with Gasteiger partial charge in [0.05, 0.1) is 25.6 Å². The molecule has 0 unspecified atom stereocenters. The van der Waals surface area contributed by atoms with Gasteiger partial charge in [-0.3, -0.25) is 19.1 Å². The zero-order valence-electron chi connectivity index (χ0n) is 16.0. The molecule has 3 rings (SSSR count). The predicted octanol–water partition coefficient (Wildman–Crippen LogP) is -1.03. The van der Waals surface area contributed by atoms with Crippen LogP contribution >= 0.6 is 0 Å². The number of aryl methyl sites for hydroxylation is 1. The van der Waals surface area contributed by atoms with E-state index in [4.69, 9.17) is 4.74 Å². The van der Waals surface area contributed by atoms with Crippen molar-refractivity contribution in [3.05, 3.63) is 68.0 Å². The highest BCUT2D eigenvalue weighted by Crippen LogP contribution is 2.18. The van der Waals surface area contributed by atoms with Crippen molar-refractivity contribution in [2.45, 2.75) is 44.2 Å². The normalized spacial score (nSPS) is 23.9. The van der Waals surface area contributed by atoms with Crippen molar-refractivity contribution in [1.82, 2.24) is 14.9 Å². The molecular weight excluding hydrogens is 404 g/mol. The lowest BCUT2D eigenvalue weighted by Crippen LogP contribution is -2.60. The van der Waals surface area contributed by atoms with Gasteiger partial charge in [0.1, 0.15) is 29.9 Å². The Balaban J connectivity index is 1.63. The lowest BCUT2D eigenvalue weighted by atomic mass is 9.97. The summed E-state index contributed by atoms with van der Waals surface area (Å²) in [5, 5.41) is 23.1. The van der Waals surface area contributed by atoms with Crippen LogP contribution in [0.1, 0.15) is 11.1 Å². The highest BCUT2D eigenvalue weighted by molar-refractivity contribution is 5.79. The molecule has 1 aliphatic heterocycles. The molecule has 30 heavy (non-hydrogen) atoms. The molecule has 2 aromatic rings. The van der Waals surface area contributed by atoms with Crippen molar-refractivity contribution in [3.8, 4) is 0 Å². The molecular formula is C19H21F2N3O6. The van der Waals surface area contributed by atoms with Crippen LogP contribution in [0, 0.1) is 18.6 Å². The van der Waals surface area contributed by atoms with E-state index < -0.39 is 65.1 Å². The van der Waals surface area contributed by atoms with Gasteiger partial charge in [0.15, 0.2) is 0 Å². The molecule has 11 heteroatoms. The second-order valence-corrected chi connectivity index (χ2v) is 7.13. The van der Waals surface area contributed by atoms with E-state index in [0.717, 1.165) is 16.7 Å². The first kappa shape index (κ1) is 21.8. The van der Waals surface area contributed by atoms with Gasteiger partial charge in [-0.25, -0.2) is 13.6 Å². The Labute approximate surface area is 168 Å². The number of aromatic nitrogens is 2. The molecule has 4 N–H and O–H groups in total. The third-order valence-corrected chi connectivity index (χ3v) is 4.94. The molecule has 1 aromatic heterocycles.